The average Bonchev–Trinajstić information content (AvgIpc) is 3.24. The van der Waals surface area contributed by atoms with Crippen molar-refractivity contribution in [1.82, 2.24) is 0 Å². The quantitative estimate of drug-likeness (QED) is 0.0338. The molecule has 0 aliphatic rings. The smallest absolute Gasteiger partial charge is 0.478 e. The molecule has 0 aliphatic carbocycles. The number of anilines is 4. The Bertz CT molecular complexity index is 2020. The van der Waals surface area contributed by atoms with Crippen LogP contribution < -0.4 is 40.4 Å². The van der Waals surface area contributed by atoms with Gasteiger partial charge in [-0.15, -0.1) is 0 Å². The van der Waals surface area contributed by atoms with Crippen LogP contribution in [0.1, 0.15) is 62.3 Å². The lowest BCUT2D eigenvalue weighted by Crippen LogP contribution is -2.52. The number of hydrogen-bond acceptors (Lipinski definition) is 14. The van der Waals surface area contributed by atoms with Gasteiger partial charge in [-0.3, -0.25) is 9.59 Å². The summed E-state index contributed by atoms with van der Waals surface area (Å²) >= 11 is 0. The van der Waals surface area contributed by atoms with Crippen molar-refractivity contribution < 1.29 is 54.5 Å². The van der Waals surface area contributed by atoms with Gasteiger partial charge in [0.2, 0.25) is 0 Å². The maximum Gasteiger partial charge on any atom is 0.749 e. The van der Waals surface area contributed by atoms with E-state index >= 15 is 0 Å². The SMILES string of the molecule is CCO[Si](OCC)(OCC)Oc1cc(Oc2ccc(Oc3ccc(NC(=O)c4ccc(N)cc4)c(O[Si](OCC)(OCC)OCC)c3)cc2)ccc1NC(=O)c1ccc(N)cc1. The molecule has 0 heterocycles. The van der Waals surface area contributed by atoms with Gasteiger partial charge in [-0.05, 0) is 139 Å². The second kappa shape index (κ2) is 22.8. The minimum Gasteiger partial charge on any atom is -0.478 e. The number of amides is 2. The fraction of sp³-hybridized carbons (Fsp3) is 0.273. The number of nitrogens with one attached hydrogen (secondary N) is 2. The molecule has 5 aromatic carbocycles. The molecule has 0 radical (unpaired) electrons. The van der Waals surface area contributed by atoms with E-state index in [1.165, 1.54) is 0 Å². The summed E-state index contributed by atoms with van der Waals surface area (Å²) in [5.41, 5.74) is 14.2. The Morgan fingerprint density at radius 2 is 0.726 bits per heavy atom. The van der Waals surface area contributed by atoms with Crippen molar-refractivity contribution in [3.8, 4) is 34.5 Å². The molecule has 0 bridgehead atoms. The molecule has 330 valence electrons. The highest BCUT2D eigenvalue weighted by Crippen LogP contribution is 2.37. The summed E-state index contributed by atoms with van der Waals surface area (Å²) in [5.74, 6) is 1.36. The van der Waals surface area contributed by atoms with Crippen molar-refractivity contribution in [3.63, 3.8) is 0 Å². The van der Waals surface area contributed by atoms with E-state index in [0.29, 0.717) is 56.9 Å². The first kappa shape index (κ1) is 47.1. The Balaban J connectivity index is 1.40. The van der Waals surface area contributed by atoms with E-state index < -0.39 is 18.1 Å². The Morgan fingerprint density at radius 1 is 0.435 bits per heavy atom. The zero-order chi connectivity index (χ0) is 44.5. The van der Waals surface area contributed by atoms with Crippen LogP contribution in [0, 0.1) is 0 Å². The van der Waals surface area contributed by atoms with Gasteiger partial charge in [-0.2, -0.15) is 0 Å². The highest BCUT2D eigenvalue weighted by atomic mass is 28.4. The third-order valence-corrected chi connectivity index (χ3v) is 13.2. The molecule has 0 saturated heterocycles. The minimum atomic E-state index is -3.72. The molecule has 2 amide bonds. The highest BCUT2D eigenvalue weighted by Gasteiger charge is 2.49. The van der Waals surface area contributed by atoms with Gasteiger partial charge in [0.25, 0.3) is 11.8 Å². The molecular formula is C44H54N4O12Si2. The van der Waals surface area contributed by atoms with Crippen molar-refractivity contribution in [2.24, 2.45) is 0 Å². The Hall–Kier alpha value is -5.97. The summed E-state index contributed by atoms with van der Waals surface area (Å²) in [7, 11) is -7.43. The van der Waals surface area contributed by atoms with Crippen LogP contribution in [-0.4, -0.2) is 69.6 Å². The summed E-state index contributed by atoms with van der Waals surface area (Å²) in [5, 5.41) is 5.80. The number of nitrogen functional groups attached to an aromatic ring is 2. The van der Waals surface area contributed by atoms with E-state index in [1.807, 2.05) is 41.5 Å². The minimum absolute atomic E-state index is 0.212. The predicted octanol–water partition coefficient (Wildman–Crippen LogP) is 8.79. The molecule has 5 aromatic rings. The number of benzene rings is 5. The van der Waals surface area contributed by atoms with Crippen molar-refractivity contribution in [1.29, 1.82) is 0 Å². The second-order valence-electron chi connectivity index (χ2n) is 12.9. The molecule has 5 rings (SSSR count). The standard InChI is InChI=1S/C44H54N4O12Si2/c1-7-51-61(52-8-2,53-9-3)59-41-29-37(25-27-39(41)47-43(49)31-13-17-33(45)18-14-31)57-35-21-23-36(24-22-35)58-38-26-28-40(48-44(50)32-15-19-34(46)20-16-32)42(30-38)60-62(54-10-4,55-11-5)56-12-6/h13-30H,7-12,45-46H2,1-6H3,(H,47,49)(H,48,50). The molecule has 0 atom stereocenters. The molecule has 16 nitrogen and oxygen atoms in total. The van der Waals surface area contributed by atoms with E-state index in [0.717, 1.165) is 0 Å². The number of rotatable bonds is 24. The Labute approximate surface area is 364 Å². The van der Waals surface area contributed by atoms with E-state index in [2.05, 4.69) is 10.6 Å². The lowest BCUT2D eigenvalue weighted by Gasteiger charge is -2.28. The van der Waals surface area contributed by atoms with Gasteiger partial charge in [-0.1, -0.05) is 0 Å². The zero-order valence-electron chi connectivity index (χ0n) is 35.7. The highest BCUT2D eigenvalue weighted by molar-refractivity contribution is 6.55. The van der Waals surface area contributed by atoms with Crippen LogP contribution in [0.2, 0.25) is 0 Å². The summed E-state index contributed by atoms with van der Waals surface area (Å²) in [4.78, 5) is 26.5. The van der Waals surface area contributed by atoms with Gasteiger partial charge >= 0.3 is 18.1 Å². The molecule has 0 aromatic heterocycles. The van der Waals surface area contributed by atoms with E-state index in [9.17, 15) is 9.59 Å². The summed E-state index contributed by atoms with van der Waals surface area (Å²) in [6, 6.07) is 29.9. The molecule has 6 N–H and O–H groups in total. The van der Waals surface area contributed by atoms with Gasteiger partial charge in [0, 0.05) is 74.3 Å². The molecule has 0 fully saturated rings. The number of carbonyl (C=O) groups is 2. The first-order valence-electron chi connectivity index (χ1n) is 20.3. The van der Waals surface area contributed by atoms with E-state index in [-0.39, 0.29) is 63.0 Å². The lowest BCUT2D eigenvalue weighted by atomic mass is 10.2. The van der Waals surface area contributed by atoms with Crippen LogP contribution in [0.5, 0.6) is 34.5 Å². The maximum absolute atomic E-state index is 13.3. The van der Waals surface area contributed by atoms with Crippen molar-refractivity contribution in [3.05, 3.63) is 120 Å². The normalized spacial score (nSPS) is 11.5. The predicted molar refractivity (Wildman–Crippen MR) is 240 cm³/mol. The summed E-state index contributed by atoms with van der Waals surface area (Å²) in [6.07, 6.45) is 0. The maximum atomic E-state index is 13.3. The molecule has 0 aliphatic heterocycles. The van der Waals surface area contributed by atoms with Gasteiger partial charge in [0.15, 0.2) is 0 Å². The summed E-state index contributed by atoms with van der Waals surface area (Å²) in [6.45, 7) is 12.4. The van der Waals surface area contributed by atoms with Gasteiger partial charge in [0.1, 0.15) is 34.5 Å². The van der Waals surface area contributed by atoms with Crippen LogP contribution in [-0.2, 0) is 26.6 Å². The van der Waals surface area contributed by atoms with Gasteiger partial charge in [0.05, 0.1) is 11.4 Å². The van der Waals surface area contributed by atoms with Crippen LogP contribution in [0.25, 0.3) is 0 Å². The fourth-order valence-corrected chi connectivity index (χ4v) is 9.62. The van der Waals surface area contributed by atoms with Crippen molar-refractivity contribution in [2.45, 2.75) is 41.5 Å². The number of carbonyl (C=O) groups excluding carboxylic acids is 2. The largest absolute Gasteiger partial charge is 0.749 e. The van der Waals surface area contributed by atoms with Crippen molar-refractivity contribution >= 4 is 52.7 Å². The van der Waals surface area contributed by atoms with E-state index in [4.69, 9.17) is 56.3 Å². The van der Waals surface area contributed by atoms with Crippen LogP contribution >= 0.6 is 0 Å². The van der Waals surface area contributed by atoms with Crippen molar-refractivity contribution in [2.75, 3.05) is 61.7 Å². The van der Waals surface area contributed by atoms with Gasteiger partial charge in [-0.25, -0.2) is 0 Å². The number of nitrogens with two attached hydrogens (primary N) is 2. The first-order valence-corrected chi connectivity index (χ1v) is 23.5. The molecule has 0 spiro atoms. The van der Waals surface area contributed by atoms with Gasteiger partial charge < -0.3 is 67.0 Å². The Morgan fingerprint density at radius 3 is 1.02 bits per heavy atom. The average molecular weight is 887 g/mol. The topological polar surface area (TPSA) is 203 Å². The summed E-state index contributed by atoms with van der Waals surface area (Å²) < 4.78 is 60.9. The zero-order valence-corrected chi connectivity index (χ0v) is 37.7. The number of ether oxygens (including phenoxy) is 2. The first-order chi connectivity index (χ1) is 30.0. The molecule has 62 heavy (non-hydrogen) atoms. The molecule has 0 saturated carbocycles. The molecular weight excluding hydrogens is 833 g/mol. The Kier molecular flexibility index (Phi) is 17.3. The third kappa shape index (κ3) is 13.0. The molecule has 0 unspecified atom stereocenters. The molecule has 18 heteroatoms. The lowest BCUT2D eigenvalue weighted by molar-refractivity contribution is 0.00883. The second-order valence-corrected chi connectivity index (χ2v) is 17.1. The van der Waals surface area contributed by atoms with Crippen LogP contribution in [0.4, 0.5) is 22.7 Å². The fourth-order valence-electron chi connectivity index (χ4n) is 5.77. The van der Waals surface area contributed by atoms with E-state index in [1.54, 1.807) is 109 Å². The number of hydrogen-bond donors (Lipinski definition) is 4. The van der Waals surface area contributed by atoms with Crippen LogP contribution in [0.3, 0.4) is 0 Å². The third-order valence-electron chi connectivity index (χ3n) is 8.44. The van der Waals surface area contributed by atoms with Crippen LogP contribution in [0.15, 0.2) is 109 Å². The monoisotopic (exact) mass is 886 g/mol.